The van der Waals surface area contributed by atoms with Gasteiger partial charge in [-0.05, 0) is 20.8 Å². The summed E-state index contributed by atoms with van der Waals surface area (Å²) >= 11 is 5.20. The molecule has 0 spiro atoms. The Balaban J connectivity index is 5.23. The molecule has 0 aromatic heterocycles. The summed E-state index contributed by atoms with van der Waals surface area (Å²) in [6.07, 6.45) is -4.12. The SMILES string of the molecule is CC(C)(C)N(CC(=O)CCl)C(=O)C(F)(F)C(F)F. The van der Waals surface area contributed by atoms with Gasteiger partial charge in [0.15, 0.2) is 5.78 Å². The molecule has 0 aromatic carbocycles. The van der Waals surface area contributed by atoms with Gasteiger partial charge in [-0.25, -0.2) is 8.78 Å². The van der Waals surface area contributed by atoms with Gasteiger partial charge < -0.3 is 4.90 Å². The molecule has 106 valence electrons. The van der Waals surface area contributed by atoms with E-state index in [9.17, 15) is 27.2 Å². The highest BCUT2D eigenvalue weighted by Gasteiger charge is 2.53. The largest absolute Gasteiger partial charge is 0.383 e. The van der Waals surface area contributed by atoms with E-state index in [4.69, 9.17) is 11.6 Å². The van der Waals surface area contributed by atoms with Gasteiger partial charge in [0, 0.05) is 5.54 Å². The van der Waals surface area contributed by atoms with E-state index in [2.05, 4.69) is 0 Å². The summed E-state index contributed by atoms with van der Waals surface area (Å²) in [5, 5.41) is 0. The first-order chi connectivity index (χ1) is 7.94. The summed E-state index contributed by atoms with van der Waals surface area (Å²) in [4.78, 5) is 22.9. The lowest BCUT2D eigenvalue weighted by Gasteiger charge is -2.36. The molecule has 0 aromatic rings. The van der Waals surface area contributed by atoms with Crippen LogP contribution in [0.1, 0.15) is 20.8 Å². The van der Waals surface area contributed by atoms with Crippen LogP contribution in [0.4, 0.5) is 17.6 Å². The van der Waals surface area contributed by atoms with Crippen molar-refractivity contribution in [1.82, 2.24) is 4.90 Å². The Morgan fingerprint density at radius 3 is 1.94 bits per heavy atom. The molecule has 1 amide bonds. The molecule has 0 radical (unpaired) electrons. The maximum atomic E-state index is 13.0. The van der Waals surface area contributed by atoms with E-state index < -0.39 is 42.0 Å². The number of halogens is 5. The highest BCUT2D eigenvalue weighted by atomic mass is 35.5. The summed E-state index contributed by atoms with van der Waals surface area (Å²) in [6, 6.07) is 0. The average Bonchev–Trinajstić information content (AvgIpc) is 2.22. The van der Waals surface area contributed by atoms with Gasteiger partial charge in [-0.15, -0.1) is 11.6 Å². The van der Waals surface area contributed by atoms with Crippen molar-refractivity contribution in [2.75, 3.05) is 12.4 Å². The van der Waals surface area contributed by atoms with Gasteiger partial charge in [0.2, 0.25) is 0 Å². The molecule has 0 unspecified atom stereocenters. The molecule has 3 nitrogen and oxygen atoms in total. The summed E-state index contributed by atoms with van der Waals surface area (Å²) < 4.78 is 50.2. The van der Waals surface area contributed by atoms with Gasteiger partial charge in [0.25, 0.3) is 5.91 Å². The Morgan fingerprint density at radius 1 is 1.22 bits per heavy atom. The second kappa shape index (κ2) is 5.86. The number of rotatable bonds is 5. The molecule has 0 aliphatic rings. The van der Waals surface area contributed by atoms with Crippen LogP contribution in [0, 0.1) is 0 Å². The van der Waals surface area contributed by atoms with E-state index in [1.807, 2.05) is 0 Å². The van der Waals surface area contributed by atoms with Gasteiger partial charge in [-0.2, -0.15) is 8.78 Å². The van der Waals surface area contributed by atoms with Crippen molar-refractivity contribution < 1.29 is 27.2 Å². The molecule has 0 heterocycles. The van der Waals surface area contributed by atoms with Gasteiger partial charge in [-0.3, -0.25) is 9.59 Å². The number of ketones is 1. The van der Waals surface area contributed by atoms with E-state index in [1.54, 1.807) is 0 Å². The lowest BCUT2D eigenvalue weighted by atomic mass is 10.0. The monoisotopic (exact) mass is 291 g/mol. The van der Waals surface area contributed by atoms with Crippen molar-refractivity contribution >= 4 is 23.3 Å². The van der Waals surface area contributed by atoms with Crippen LogP contribution in [-0.4, -0.2) is 46.9 Å². The van der Waals surface area contributed by atoms with Gasteiger partial charge in [-0.1, -0.05) is 0 Å². The minimum absolute atomic E-state index is 0.407. The van der Waals surface area contributed by atoms with Crippen LogP contribution in [0.3, 0.4) is 0 Å². The van der Waals surface area contributed by atoms with Crippen LogP contribution in [0.2, 0.25) is 0 Å². The van der Waals surface area contributed by atoms with Gasteiger partial charge in [0.1, 0.15) is 0 Å². The third-order valence-electron chi connectivity index (χ3n) is 2.10. The first-order valence-corrected chi connectivity index (χ1v) is 5.53. The molecule has 18 heavy (non-hydrogen) atoms. The predicted octanol–water partition coefficient (Wildman–Crippen LogP) is 2.32. The zero-order valence-corrected chi connectivity index (χ0v) is 10.9. The molecule has 0 saturated carbocycles. The van der Waals surface area contributed by atoms with Crippen LogP contribution in [0.15, 0.2) is 0 Å². The molecular weight excluding hydrogens is 278 g/mol. The minimum atomic E-state index is -4.82. The first-order valence-electron chi connectivity index (χ1n) is 5.00. The maximum Gasteiger partial charge on any atom is 0.383 e. The van der Waals surface area contributed by atoms with E-state index in [1.165, 1.54) is 20.8 Å². The molecule has 8 heteroatoms. The summed E-state index contributed by atoms with van der Waals surface area (Å²) in [5.74, 6) is -8.09. The average molecular weight is 292 g/mol. The topological polar surface area (TPSA) is 37.4 Å². The third kappa shape index (κ3) is 4.12. The molecule has 0 rings (SSSR count). The highest BCUT2D eigenvalue weighted by molar-refractivity contribution is 6.28. The Labute approximate surface area is 107 Å². The Hall–Kier alpha value is -0.850. The van der Waals surface area contributed by atoms with Crippen molar-refractivity contribution in [1.29, 1.82) is 0 Å². The van der Waals surface area contributed by atoms with Crippen molar-refractivity contribution in [3.05, 3.63) is 0 Å². The molecule has 0 aliphatic heterocycles. The molecule has 0 bridgehead atoms. The molecule has 0 N–H and O–H groups in total. The summed E-state index contributed by atoms with van der Waals surface area (Å²) in [5.41, 5.74) is -1.20. The van der Waals surface area contributed by atoms with Crippen LogP contribution in [0.25, 0.3) is 0 Å². The lowest BCUT2D eigenvalue weighted by molar-refractivity contribution is -0.185. The molecule has 0 saturated heterocycles. The Bertz CT molecular complexity index is 328. The fourth-order valence-electron chi connectivity index (χ4n) is 1.11. The second-order valence-corrected chi connectivity index (χ2v) is 4.93. The van der Waals surface area contributed by atoms with Crippen molar-refractivity contribution in [2.24, 2.45) is 0 Å². The number of hydrogen-bond donors (Lipinski definition) is 0. The minimum Gasteiger partial charge on any atom is -0.325 e. The van der Waals surface area contributed by atoms with E-state index in [0.717, 1.165) is 0 Å². The van der Waals surface area contributed by atoms with E-state index in [-0.39, 0.29) is 0 Å². The molecule has 0 aliphatic carbocycles. The Morgan fingerprint density at radius 2 is 1.67 bits per heavy atom. The van der Waals surface area contributed by atoms with E-state index >= 15 is 0 Å². The van der Waals surface area contributed by atoms with Gasteiger partial charge >= 0.3 is 12.3 Å². The third-order valence-corrected chi connectivity index (χ3v) is 2.40. The second-order valence-electron chi connectivity index (χ2n) is 4.66. The number of amides is 1. The molecule has 0 atom stereocenters. The smallest absolute Gasteiger partial charge is 0.325 e. The summed E-state index contributed by atoms with van der Waals surface area (Å²) in [7, 11) is 0. The van der Waals surface area contributed by atoms with E-state index in [0.29, 0.717) is 4.90 Å². The maximum absolute atomic E-state index is 13.0. The fourth-order valence-corrected chi connectivity index (χ4v) is 1.19. The van der Waals surface area contributed by atoms with Crippen molar-refractivity contribution in [2.45, 2.75) is 38.7 Å². The summed E-state index contributed by atoms with van der Waals surface area (Å²) in [6.45, 7) is 3.34. The predicted molar refractivity (Wildman–Crippen MR) is 58.1 cm³/mol. The van der Waals surface area contributed by atoms with Crippen LogP contribution < -0.4 is 0 Å². The number of nitrogens with zero attached hydrogens (tertiary/aromatic N) is 1. The molecule has 0 fully saturated rings. The Kier molecular flexibility index (Phi) is 5.58. The zero-order chi connectivity index (χ0) is 14.7. The standard InChI is InChI=1S/C10H14ClF4NO2/c1-9(2,3)16(5-6(17)4-11)8(18)10(14,15)7(12)13/h7H,4-5H2,1-3H3. The van der Waals surface area contributed by atoms with Crippen LogP contribution >= 0.6 is 11.6 Å². The zero-order valence-electron chi connectivity index (χ0n) is 10.1. The van der Waals surface area contributed by atoms with Crippen LogP contribution in [-0.2, 0) is 9.59 Å². The van der Waals surface area contributed by atoms with Crippen LogP contribution in [0.5, 0.6) is 0 Å². The lowest BCUT2D eigenvalue weighted by Crippen LogP contribution is -2.56. The quantitative estimate of drug-likeness (QED) is 0.576. The molecular formula is C10H14ClF4NO2. The highest BCUT2D eigenvalue weighted by Crippen LogP contribution is 2.28. The first kappa shape index (κ1) is 17.2. The number of hydrogen-bond acceptors (Lipinski definition) is 2. The van der Waals surface area contributed by atoms with Crippen molar-refractivity contribution in [3.8, 4) is 0 Å². The number of carbonyl (C=O) groups is 2. The number of Topliss-reactive ketones (excluding diaryl/α,β-unsaturated/α-hetero) is 1. The van der Waals surface area contributed by atoms with Gasteiger partial charge in [0.05, 0.1) is 12.4 Å². The van der Waals surface area contributed by atoms with Crippen molar-refractivity contribution in [3.63, 3.8) is 0 Å². The normalized spacial score (nSPS) is 12.7. The number of carbonyl (C=O) groups excluding carboxylic acids is 2. The fraction of sp³-hybridized carbons (Fsp3) is 0.800. The number of alkyl halides is 5.